The number of benzene rings is 1. The van der Waals surface area contributed by atoms with Crippen LogP contribution in [0.3, 0.4) is 0 Å². The molecule has 0 spiro atoms. The molecule has 1 rings (SSSR count). The van der Waals surface area contributed by atoms with Crippen molar-refractivity contribution in [3.8, 4) is 0 Å². The first kappa shape index (κ1) is 15.0. The summed E-state index contributed by atoms with van der Waals surface area (Å²) in [5, 5.41) is 9.81. The molecule has 1 aromatic carbocycles. The van der Waals surface area contributed by atoms with Gasteiger partial charge in [0.25, 0.3) is 0 Å². The van der Waals surface area contributed by atoms with Crippen LogP contribution in [-0.2, 0) is 9.59 Å². The predicted octanol–water partition coefficient (Wildman–Crippen LogP) is 3.10. The van der Waals surface area contributed by atoms with E-state index in [1.165, 1.54) is 4.90 Å². The largest absolute Gasteiger partial charge is 0.479 e. The minimum absolute atomic E-state index is 0.217. The Morgan fingerprint density at radius 1 is 1.50 bits per heavy atom. The van der Waals surface area contributed by atoms with E-state index in [2.05, 4.69) is 15.9 Å². The minimum atomic E-state index is -1.08. The Hall–Kier alpha value is -1.07. The molecule has 0 bridgehead atoms. The Kier molecular flexibility index (Phi) is 5.16. The molecule has 1 aromatic rings. The van der Waals surface area contributed by atoms with Crippen LogP contribution >= 0.6 is 27.5 Å². The van der Waals surface area contributed by atoms with Crippen LogP contribution in [0.5, 0.6) is 0 Å². The second-order valence-corrected chi connectivity index (χ2v) is 5.34. The van der Waals surface area contributed by atoms with Crippen molar-refractivity contribution >= 4 is 39.9 Å². The van der Waals surface area contributed by atoms with Crippen molar-refractivity contribution in [3.05, 3.63) is 33.3 Å². The Bertz CT molecular complexity index is 465. The van der Waals surface area contributed by atoms with Crippen LogP contribution in [0.25, 0.3) is 0 Å². The molecule has 6 heteroatoms. The van der Waals surface area contributed by atoms with E-state index in [-0.39, 0.29) is 6.04 Å². The molecular formula is C12H13BrClNO3. The number of carboxylic acid groups (broad SMARTS) is 1. The van der Waals surface area contributed by atoms with Gasteiger partial charge in [0.2, 0.25) is 6.41 Å². The number of hydrogen-bond acceptors (Lipinski definition) is 2. The van der Waals surface area contributed by atoms with E-state index in [1.54, 1.807) is 32.0 Å². The Morgan fingerprint density at radius 3 is 2.50 bits per heavy atom. The lowest BCUT2D eigenvalue weighted by molar-refractivity contribution is -0.148. The van der Waals surface area contributed by atoms with E-state index in [1.807, 2.05) is 0 Å². The molecule has 0 saturated carbocycles. The average molecular weight is 335 g/mol. The van der Waals surface area contributed by atoms with Crippen molar-refractivity contribution in [2.24, 2.45) is 0 Å². The predicted molar refractivity (Wildman–Crippen MR) is 72.6 cm³/mol. The van der Waals surface area contributed by atoms with Gasteiger partial charge in [-0.1, -0.05) is 33.6 Å². The highest BCUT2D eigenvalue weighted by Crippen LogP contribution is 2.30. The number of hydrogen-bond donors (Lipinski definition) is 1. The van der Waals surface area contributed by atoms with Crippen LogP contribution in [0.2, 0.25) is 5.02 Å². The van der Waals surface area contributed by atoms with Crippen molar-refractivity contribution in [1.29, 1.82) is 0 Å². The first-order valence-corrected chi connectivity index (χ1v) is 6.46. The first-order valence-electron chi connectivity index (χ1n) is 5.29. The summed E-state index contributed by atoms with van der Waals surface area (Å²) in [7, 11) is 0. The molecule has 1 atom stereocenters. The van der Waals surface area contributed by atoms with Gasteiger partial charge in [-0.05, 0) is 26.0 Å². The molecule has 1 unspecified atom stereocenters. The normalized spacial score (nSPS) is 12.3. The average Bonchev–Trinajstić information content (AvgIpc) is 2.26. The van der Waals surface area contributed by atoms with Crippen LogP contribution in [0, 0.1) is 0 Å². The van der Waals surface area contributed by atoms with E-state index in [0.717, 1.165) is 0 Å². The molecule has 1 amide bonds. The van der Waals surface area contributed by atoms with Crippen molar-refractivity contribution in [1.82, 2.24) is 4.90 Å². The Labute approximate surface area is 119 Å². The van der Waals surface area contributed by atoms with Gasteiger partial charge in [0.1, 0.15) is 0 Å². The van der Waals surface area contributed by atoms with Crippen molar-refractivity contribution < 1.29 is 14.7 Å². The monoisotopic (exact) mass is 333 g/mol. The lowest BCUT2D eigenvalue weighted by Crippen LogP contribution is -2.38. The van der Waals surface area contributed by atoms with Crippen LogP contribution < -0.4 is 0 Å². The quantitative estimate of drug-likeness (QED) is 0.842. The minimum Gasteiger partial charge on any atom is -0.479 e. The van der Waals surface area contributed by atoms with Crippen molar-refractivity contribution in [2.75, 3.05) is 0 Å². The highest BCUT2D eigenvalue weighted by atomic mass is 79.9. The molecule has 0 radical (unpaired) electrons. The van der Waals surface area contributed by atoms with Gasteiger partial charge < -0.3 is 10.0 Å². The van der Waals surface area contributed by atoms with Gasteiger partial charge in [0, 0.05) is 21.1 Å². The topological polar surface area (TPSA) is 57.6 Å². The lowest BCUT2D eigenvalue weighted by Gasteiger charge is -2.29. The van der Waals surface area contributed by atoms with Gasteiger partial charge in [0.15, 0.2) is 6.04 Å². The van der Waals surface area contributed by atoms with Crippen LogP contribution in [0.15, 0.2) is 22.7 Å². The van der Waals surface area contributed by atoms with Gasteiger partial charge in [-0.2, -0.15) is 0 Å². The molecule has 0 aliphatic carbocycles. The second-order valence-electron chi connectivity index (χ2n) is 4.05. The zero-order valence-electron chi connectivity index (χ0n) is 9.93. The van der Waals surface area contributed by atoms with Gasteiger partial charge >= 0.3 is 5.97 Å². The zero-order valence-corrected chi connectivity index (χ0v) is 12.3. The van der Waals surface area contributed by atoms with Crippen LogP contribution in [0.4, 0.5) is 0 Å². The van der Waals surface area contributed by atoms with E-state index >= 15 is 0 Å². The number of nitrogens with zero attached hydrogens (tertiary/aromatic N) is 1. The lowest BCUT2D eigenvalue weighted by atomic mass is 10.0. The maximum absolute atomic E-state index is 11.4. The second kappa shape index (κ2) is 6.20. The van der Waals surface area contributed by atoms with Crippen LogP contribution in [0.1, 0.15) is 25.5 Å². The maximum Gasteiger partial charge on any atom is 0.331 e. The van der Waals surface area contributed by atoms with Gasteiger partial charge in [-0.15, -0.1) is 0 Å². The number of aliphatic carboxylic acids is 1. The third-order valence-electron chi connectivity index (χ3n) is 2.51. The summed E-state index contributed by atoms with van der Waals surface area (Å²) in [6, 6.07) is 3.56. The van der Waals surface area contributed by atoms with Gasteiger partial charge in [0.05, 0.1) is 0 Å². The highest BCUT2D eigenvalue weighted by Gasteiger charge is 2.29. The van der Waals surface area contributed by atoms with Crippen molar-refractivity contribution in [3.63, 3.8) is 0 Å². The molecule has 18 heavy (non-hydrogen) atoms. The number of carboxylic acids is 1. The standard InChI is InChI=1S/C12H13BrClNO3/c1-7(2)15(6-16)11(12(17)18)9-4-3-8(14)5-10(9)13/h3-7,11H,1-2H3,(H,17,18). The summed E-state index contributed by atoms with van der Waals surface area (Å²) in [4.78, 5) is 23.7. The highest BCUT2D eigenvalue weighted by molar-refractivity contribution is 9.10. The molecule has 98 valence electrons. The summed E-state index contributed by atoms with van der Waals surface area (Å²) in [5.41, 5.74) is 0.493. The maximum atomic E-state index is 11.4. The molecule has 0 heterocycles. The first-order chi connectivity index (χ1) is 8.38. The Morgan fingerprint density at radius 2 is 2.11 bits per heavy atom. The number of carbonyl (C=O) groups is 2. The molecule has 0 aliphatic heterocycles. The summed E-state index contributed by atoms with van der Waals surface area (Å²) in [5.74, 6) is -1.08. The van der Waals surface area contributed by atoms with E-state index in [4.69, 9.17) is 11.6 Å². The van der Waals surface area contributed by atoms with Crippen molar-refractivity contribution in [2.45, 2.75) is 25.9 Å². The number of amides is 1. The smallest absolute Gasteiger partial charge is 0.331 e. The third kappa shape index (κ3) is 3.23. The zero-order chi connectivity index (χ0) is 13.9. The van der Waals surface area contributed by atoms with E-state index < -0.39 is 12.0 Å². The molecule has 0 saturated heterocycles. The van der Waals surface area contributed by atoms with E-state index in [9.17, 15) is 14.7 Å². The summed E-state index contributed by atoms with van der Waals surface area (Å²) in [6.07, 6.45) is 0.546. The molecule has 4 nitrogen and oxygen atoms in total. The van der Waals surface area contributed by atoms with Gasteiger partial charge in [-0.3, -0.25) is 4.79 Å². The summed E-state index contributed by atoms with van der Waals surface area (Å²) < 4.78 is 0.565. The number of halogens is 2. The molecular weight excluding hydrogens is 321 g/mol. The third-order valence-corrected chi connectivity index (χ3v) is 3.43. The molecule has 0 aliphatic rings. The summed E-state index contributed by atoms with van der Waals surface area (Å²) in [6.45, 7) is 3.52. The fourth-order valence-corrected chi connectivity index (χ4v) is 2.52. The molecule has 1 N–H and O–H groups in total. The summed E-state index contributed by atoms with van der Waals surface area (Å²) >= 11 is 9.09. The van der Waals surface area contributed by atoms with Crippen LogP contribution in [-0.4, -0.2) is 28.4 Å². The fraction of sp³-hybridized carbons (Fsp3) is 0.333. The number of rotatable bonds is 5. The SMILES string of the molecule is CC(C)N(C=O)C(C(=O)O)c1ccc(Cl)cc1Br. The molecule has 0 fully saturated rings. The Balaban J connectivity index is 3.27. The van der Waals surface area contributed by atoms with Gasteiger partial charge in [-0.25, -0.2) is 4.79 Å². The van der Waals surface area contributed by atoms with E-state index in [0.29, 0.717) is 21.5 Å². The fourth-order valence-electron chi connectivity index (χ4n) is 1.63. The molecule has 0 aromatic heterocycles. The number of carbonyl (C=O) groups excluding carboxylic acids is 1.